The monoisotopic (exact) mass is 404 g/mol. The SMILES string of the molecule is Cc1nn2c(ncc3c(=O)n(CCc4cccs4)ccc32)c1-c1ccc(F)cc1. The van der Waals surface area contributed by atoms with Crippen LogP contribution in [0.4, 0.5) is 4.39 Å². The number of hydrogen-bond donors (Lipinski definition) is 0. The molecule has 0 amide bonds. The van der Waals surface area contributed by atoms with E-state index in [0.717, 1.165) is 23.2 Å². The lowest BCUT2D eigenvalue weighted by atomic mass is 10.1. The van der Waals surface area contributed by atoms with E-state index in [0.29, 0.717) is 23.1 Å². The molecule has 0 atom stereocenters. The molecule has 29 heavy (non-hydrogen) atoms. The summed E-state index contributed by atoms with van der Waals surface area (Å²) in [6, 6.07) is 12.3. The number of halogens is 1. The van der Waals surface area contributed by atoms with E-state index in [9.17, 15) is 9.18 Å². The first-order chi connectivity index (χ1) is 14.1. The number of rotatable bonds is 4. The van der Waals surface area contributed by atoms with Gasteiger partial charge in [0.1, 0.15) is 5.82 Å². The summed E-state index contributed by atoms with van der Waals surface area (Å²) in [5, 5.41) is 7.18. The first-order valence-electron chi connectivity index (χ1n) is 9.27. The predicted octanol–water partition coefficient (Wildman–Crippen LogP) is 4.46. The minimum Gasteiger partial charge on any atom is -0.314 e. The molecule has 144 valence electrons. The lowest BCUT2D eigenvalue weighted by Gasteiger charge is -2.07. The van der Waals surface area contributed by atoms with Crippen molar-refractivity contribution < 1.29 is 4.39 Å². The van der Waals surface area contributed by atoms with Crippen molar-refractivity contribution in [2.75, 3.05) is 0 Å². The van der Waals surface area contributed by atoms with E-state index in [1.54, 1.807) is 38.7 Å². The molecular formula is C22H17FN4OS. The van der Waals surface area contributed by atoms with Crippen LogP contribution < -0.4 is 5.56 Å². The molecular weight excluding hydrogens is 387 g/mol. The summed E-state index contributed by atoms with van der Waals surface area (Å²) in [5.41, 5.74) is 3.74. The standard InChI is InChI=1S/C22H17FN4OS/c1-14-20(15-4-6-16(23)7-5-15)21-24-13-18-19(27(21)25-14)9-11-26(22(18)28)10-8-17-3-2-12-29-17/h2-7,9,11-13H,8,10H2,1H3. The number of hydrogen-bond acceptors (Lipinski definition) is 4. The van der Waals surface area contributed by atoms with Gasteiger partial charge in [-0.2, -0.15) is 5.10 Å². The zero-order chi connectivity index (χ0) is 20.0. The molecule has 5 nitrogen and oxygen atoms in total. The Balaban J connectivity index is 1.62. The van der Waals surface area contributed by atoms with Crippen molar-refractivity contribution >= 4 is 27.9 Å². The van der Waals surface area contributed by atoms with Gasteiger partial charge in [0.2, 0.25) is 0 Å². The third-order valence-electron chi connectivity index (χ3n) is 5.07. The average Bonchev–Trinajstić information content (AvgIpc) is 3.35. The summed E-state index contributed by atoms with van der Waals surface area (Å²) in [7, 11) is 0. The van der Waals surface area contributed by atoms with Gasteiger partial charge in [-0.05, 0) is 48.6 Å². The molecule has 7 heteroatoms. The van der Waals surface area contributed by atoms with E-state index in [1.807, 2.05) is 30.6 Å². The van der Waals surface area contributed by atoms with Crippen molar-refractivity contribution in [3.05, 3.63) is 87.0 Å². The second-order valence-corrected chi connectivity index (χ2v) is 7.94. The first-order valence-corrected chi connectivity index (χ1v) is 10.2. The van der Waals surface area contributed by atoms with Gasteiger partial charge in [-0.15, -0.1) is 11.3 Å². The van der Waals surface area contributed by atoms with Gasteiger partial charge in [0.25, 0.3) is 5.56 Å². The van der Waals surface area contributed by atoms with Gasteiger partial charge in [-0.1, -0.05) is 18.2 Å². The summed E-state index contributed by atoms with van der Waals surface area (Å²) >= 11 is 1.69. The molecule has 0 saturated carbocycles. The van der Waals surface area contributed by atoms with Crippen LogP contribution in [0.25, 0.3) is 27.7 Å². The second-order valence-electron chi connectivity index (χ2n) is 6.90. The maximum atomic E-state index is 13.3. The summed E-state index contributed by atoms with van der Waals surface area (Å²) in [5.74, 6) is -0.288. The highest BCUT2D eigenvalue weighted by Crippen LogP contribution is 2.28. The van der Waals surface area contributed by atoms with Crippen LogP contribution in [0.3, 0.4) is 0 Å². The number of pyridine rings is 1. The van der Waals surface area contributed by atoms with E-state index in [2.05, 4.69) is 16.1 Å². The van der Waals surface area contributed by atoms with Crippen LogP contribution in [0.15, 0.2) is 65.0 Å². The Labute approximate surface area is 169 Å². The molecule has 0 saturated heterocycles. The predicted molar refractivity (Wildman–Crippen MR) is 113 cm³/mol. The number of benzene rings is 1. The Morgan fingerprint density at radius 1 is 1.14 bits per heavy atom. The van der Waals surface area contributed by atoms with Gasteiger partial charge in [0.15, 0.2) is 5.65 Å². The van der Waals surface area contributed by atoms with Crippen LogP contribution in [-0.4, -0.2) is 19.2 Å². The van der Waals surface area contributed by atoms with Crippen LogP contribution in [0.2, 0.25) is 0 Å². The van der Waals surface area contributed by atoms with E-state index >= 15 is 0 Å². The van der Waals surface area contributed by atoms with E-state index < -0.39 is 0 Å². The van der Waals surface area contributed by atoms with Crippen molar-refractivity contribution in [1.29, 1.82) is 0 Å². The molecule has 0 aliphatic heterocycles. The lowest BCUT2D eigenvalue weighted by Crippen LogP contribution is -2.21. The lowest BCUT2D eigenvalue weighted by molar-refractivity contribution is 0.628. The summed E-state index contributed by atoms with van der Waals surface area (Å²) < 4.78 is 16.7. The fourth-order valence-electron chi connectivity index (χ4n) is 3.63. The van der Waals surface area contributed by atoms with Crippen molar-refractivity contribution in [2.24, 2.45) is 0 Å². The van der Waals surface area contributed by atoms with E-state index in [1.165, 1.54) is 17.0 Å². The molecule has 0 spiro atoms. The molecule has 5 rings (SSSR count). The van der Waals surface area contributed by atoms with Crippen molar-refractivity contribution in [2.45, 2.75) is 19.9 Å². The second kappa shape index (κ2) is 6.93. The Hall–Kier alpha value is -3.32. The van der Waals surface area contributed by atoms with Crippen LogP contribution in [0, 0.1) is 12.7 Å². The fourth-order valence-corrected chi connectivity index (χ4v) is 4.33. The molecule has 4 heterocycles. The van der Waals surface area contributed by atoms with Gasteiger partial charge >= 0.3 is 0 Å². The Morgan fingerprint density at radius 2 is 1.97 bits per heavy atom. The largest absolute Gasteiger partial charge is 0.314 e. The minimum atomic E-state index is -0.288. The quantitative estimate of drug-likeness (QED) is 0.444. The minimum absolute atomic E-state index is 0.0788. The van der Waals surface area contributed by atoms with Crippen LogP contribution >= 0.6 is 11.3 Å². The highest BCUT2D eigenvalue weighted by atomic mass is 32.1. The van der Waals surface area contributed by atoms with Crippen molar-refractivity contribution in [1.82, 2.24) is 19.2 Å². The highest BCUT2D eigenvalue weighted by molar-refractivity contribution is 7.09. The van der Waals surface area contributed by atoms with Crippen molar-refractivity contribution in [3.63, 3.8) is 0 Å². The molecule has 0 N–H and O–H groups in total. The van der Waals surface area contributed by atoms with Crippen LogP contribution in [-0.2, 0) is 13.0 Å². The topological polar surface area (TPSA) is 52.2 Å². The average molecular weight is 404 g/mol. The molecule has 0 bridgehead atoms. The number of thiophene rings is 1. The molecule has 0 aliphatic carbocycles. The molecule has 0 radical (unpaired) electrons. The van der Waals surface area contributed by atoms with Gasteiger partial charge in [0, 0.05) is 29.4 Å². The smallest absolute Gasteiger partial charge is 0.261 e. The summed E-state index contributed by atoms with van der Waals surface area (Å²) in [6.45, 7) is 2.51. The number of aromatic nitrogens is 4. The first kappa shape index (κ1) is 17.8. The fraction of sp³-hybridized carbons (Fsp3) is 0.136. The molecule has 0 aliphatic rings. The number of nitrogens with zero attached hydrogens (tertiary/aromatic N) is 4. The molecule has 4 aromatic heterocycles. The third kappa shape index (κ3) is 3.03. The molecule has 5 aromatic rings. The number of aryl methyl sites for hydroxylation is 3. The third-order valence-corrected chi connectivity index (χ3v) is 6.01. The summed E-state index contributed by atoms with van der Waals surface area (Å²) in [4.78, 5) is 18.8. The summed E-state index contributed by atoms with van der Waals surface area (Å²) in [6.07, 6.45) is 4.24. The molecule has 0 unspecified atom stereocenters. The maximum Gasteiger partial charge on any atom is 0.261 e. The van der Waals surface area contributed by atoms with Gasteiger partial charge in [-0.25, -0.2) is 13.9 Å². The Bertz CT molecular complexity index is 1380. The zero-order valence-electron chi connectivity index (χ0n) is 15.7. The van der Waals surface area contributed by atoms with Crippen LogP contribution in [0.5, 0.6) is 0 Å². The van der Waals surface area contributed by atoms with E-state index in [4.69, 9.17) is 0 Å². The Kier molecular flexibility index (Phi) is 4.24. The number of fused-ring (bicyclic) bond motifs is 3. The Morgan fingerprint density at radius 3 is 2.72 bits per heavy atom. The van der Waals surface area contributed by atoms with Gasteiger partial charge < -0.3 is 4.57 Å². The molecule has 1 aromatic carbocycles. The van der Waals surface area contributed by atoms with E-state index in [-0.39, 0.29) is 11.4 Å². The maximum absolute atomic E-state index is 13.3. The van der Waals surface area contributed by atoms with Crippen LogP contribution in [0.1, 0.15) is 10.6 Å². The van der Waals surface area contributed by atoms with Crippen molar-refractivity contribution in [3.8, 4) is 11.1 Å². The normalized spacial score (nSPS) is 11.5. The zero-order valence-corrected chi connectivity index (χ0v) is 16.5. The molecule has 0 fully saturated rings. The van der Waals surface area contributed by atoms with Gasteiger partial charge in [0.05, 0.1) is 16.6 Å². The highest BCUT2D eigenvalue weighted by Gasteiger charge is 2.16. The van der Waals surface area contributed by atoms with Gasteiger partial charge in [-0.3, -0.25) is 4.79 Å².